The van der Waals surface area contributed by atoms with E-state index < -0.39 is 24.0 Å². The quantitative estimate of drug-likeness (QED) is 0.0859. The van der Waals surface area contributed by atoms with Crippen molar-refractivity contribution in [1.29, 1.82) is 0 Å². The highest BCUT2D eigenvalue weighted by Gasteiger charge is 2.44. The summed E-state index contributed by atoms with van der Waals surface area (Å²) in [4.78, 5) is 13.1. The van der Waals surface area contributed by atoms with E-state index in [1.165, 1.54) is 0 Å². The van der Waals surface area contributed by atoms with E-state index in [4.69, 9.17) is 28.4 Å². The van der Waals surface area contributed by atoms with Crippen LogP contribution < -0.4 is 9.47 Å². The molecule has 0 spiro atoms. The number of carbonyl (C=O) groups is 1. The molecule has 1 aliphatic heterocycles. The van der Waals surface area contributed by atoms with Crippen LogP contribution in [0.1, 0.15) is 54.2 Å². The van der Waals surface area contributed by atoms with Crippen molar-refractivity contribution in [3.05, 3.63) is 131 Å². The van der Waals surface area contributed by atoms with Crippen LogP contribution in [-0.2, 0) is 24.5 Å². The number of ether oxygens (including phenoxy) is 6. The summed E-state index contributed by atoms with van der Waals surface area (Å²) in [6.45, 7) is 6.77. The molecule has 0 N–H and O–H groups in total. The van der Waals surface area contributed by atoms with E-state index in [-0.39, 0.29) is 31.2 Å². The highest BCUT2D eigenvalue weighted by molar-refractivity contribution is 5.89. The average molecular weight is 625 g/mol. The van der Waals surface area contributed by atoms with Crippen molar-refractivity contribution >= 4 is 5.97 Å². The first-order chi connectivity index (χ1) is 22.4. The van der Waals surface area contributed by atoms with E-state index in [2.05, 4.69) is 32.9 Å². The number of methoxy groups -OCH3 is 2. The largest absolute Gasteiger partial charge is 0.497 e. The standard InChI is InChI=1S/C39H44O7/c1-6-35-27(2)28(3)36(46-37(40)29-13-9-7-10-14-29)38(45-35)43-25-26-44-39(30-15-11-8-12-16-30,31-17-21-33(41-4)22-18-31)32-19-23-34(42-5)24-20-32/h7-24,27-28,35-36,38H,6,25-26H2,1-5H3. The molecule has 0 aromatic heterocycles. The van der Waals surface area contributed by atoms with Gasteiger partial charge in [0, 0.05) is 5.92 Å². The fourth-order valence-corrected chi connectivity index (χ4v) is 6.22. The normalized spacial score (nSPS) is 21.4. The predicted molar refractivity (Wildman–Crippen MR) is 177 cm³/mol. The smallest absolute Gasteiger partial charge is 0.338 e. The van der Waals surface area contributed by atoms with Crippen LogP contribution in [0.4, 0.5) is 0 Å². The molecule has 5 rings (SSSR count). The monoisotopic (exact) mass is 624 g/mol. The molecule has 0 bridgehead atoms. The van der Waals surface area contributed by atoms with E-state index in [1.807, 2.05) is 84.9 Å². The first-order valence-electron chi connectivity index (χ1n) is 15.9. The molecule has 0 saturated carbocycles. The second-order valence-electron chi connectivity index (χ2n) is 11.6. The maximum atomic E-state index is 13.1. The Balaban J connectivity index is 1.42. The summed E-state index contributed by atoms with van der Waals surface area (Å²) in [5.41, 5.74) is 2.35. The summed E-state index contributed by atoms with van der Waals surface area (Å²) in [6, 6.07) is 35.0. The Bertz CT molecular complexity index is 1460. The highest BCUT2D eigenvalue weighted by Crippen LogP contribution is 2.42. The fraction of sp³-hybridized carbons (Fsp3) is 0.359. The van der Waals surface area contributed by atoms with Gasteiger partial charge < -0.3 is 28.4 Å². The zero-order valence-corrected chi connectivity index (χ0v) is 27.3. The van der Waals surface area contributed by atoms with Gasteiger partial charge in [0.2, 0.25) is 0 Å². The van der Waals surface area contributed by atoms with Crippen molar-refractivity contribution in [2.75, 3.05) is 27.4 Å². The molecule has 242 valence electrons. The summed E-state index contributed by atoms with van der Waals surface area (Å²) in [7, 11) is 3.30. The van der Waals surface area contributed by atoms with Gasteiger partial charge in [-0.3, -0.25) is 0 Å². The van der Waals surface area contributed by atoms with Crippen LogP contribution in [-0.4, -0.2) is 51.9 Å². The Morgan fingerprint density at radius 2 is 1.22 bits per heavy atom. The number of esters is 1. The van der Waals surface area contributed by atoms with Crippen LogP contribution in [0.5, 0.6) is 11.5 Å². The Kier molecular flexibility index (Phi) is 11.1. The van der Waals surface area contributed by atoms with Crippen LogP contribution in [0.15, 0.2) is 109 Å². The van der Waals surface area contributed by atoms with Crippen molar-refractivity contribution in [2.24, 2.45) is 11.8 Å². The van der Waals surface area contributed by atoms with E-state index in [0.29, 0.717) is 5.56 Å². The van der Waals surface area contributed by atoms with Crippen molar-refractivity contribution in [3.8, 4) is 11.5 Å². The lowest BCUT2D eigenvalue weighted by Crippen LogP contribution is -2.52. The lowest BCUT2D eigenvalue weighted by Gasteiger charge is -2.43. The van der Waals surface area contributed by atoms with Crippen molar-refractivity contribution in [2.45, 2.75) is 51.3 Å². The van der Waals surface area contributed by atoms with Crippen LogP contribution in [0, 0.1) is 11.8 Å². The zero-order chi connectivity index (χ0) is 32.5. The molecule has 1 heterocycles. The van der Waals surface area contributed by atoms with Gasteiger partial charge in [-0.1, -0.05) is 93.6 Å². The third kappa shape index (κ3) is 7.12. The lowest BCUT2D eigenvalue weighted by molar-refractivity contribution is -0.272. The van der Waals surface area contributed by atoms with E-state index in [9.17, 15) is 4.79 Å². The molecule has 1 saturated heterocycles. The van der Waals surface area contributed by atoms with Crippen LogP contribution in [0.25, 0.3) is 0 Å². The van der Waals surface area contributed by atoms with Gasteiger partial charge in [-0.15, -0.1) is 0 Å². The second kappa shape index (κ2) is 15.4. The van der Waals surface area contributed by atoms with Crippen molar-refractivity contribution in [1.82, 2.24) is 0 Å². The van der Waals surface area contributed by atoms with Gasteiger partial charge >= 0.3 is 5.97 Å². The van der Waals surface area contributed by atoms with Gasteiger partial charge in [0.15, 0.2) is 12.4 Å². The summed E-state index contributed by atoms with van der Waals surface area (Å²) in [6.07, 6.45) is -0.504. The molecule has 4 aromatic carbocycles. The topological polar surface area (TPSA) is 72.5 Å². The van der Waals surface area contributed by atoms with Gasteiger partial charge in [-0.05, 0) is 65.4 Å². The summed E-state index contributed by atoms with van der Waals surface area (Å²) in [5, 5.41) is 0. The Morgan fingerprint density at radius 3 is 1.74 bits per heavy atom. The SMILES string of the molecule is CCC1OC(OCCOC(c2ccccc2)(c2ccc(OC)cc2)c2ccc(OC)cc2)C(OC(=O)c2ccccc2)C(C)C1C. The number of rotatable bonds is 13. The van der Waals surface area contributed by atoms with Gasteiger partial charge in [-0.25, -0.2) is 4.79 Å². The molecule has 1 fully saturated rings. The summed E-state index contributed by atoms with van der Waals surface area (Å²) >= 11 is 0. The van der Waals surface area contributed by atoms with E-state index >= 15 is 0 Å². The number of hydrogen-bond donors (Lipinski definition) is 0. The minimum absolute atomic E-state index is 0.0189. The highest BCUT2D eigenvalue weighted by atomic mass is 16.7. The van der Waals surface area contributed by atoms with Crippen molar-refractivity contribution in [3.63, 3.8) is 0 Å². The molecule has 4 aromatic rings. The molecule has 0 amide bonds. The minimum Gasteiger partial charge on any atom is -0.497 e. The van der Waals surface area contributed by atoms with Gasteiger partial charge in [0.1, 0.15) is 17.1 Å². The number of carbonyl (C=O) groups excluding carboxylic acids is 1. The third-order valence-electron chi connectivity index (χ3n) is 9.02. The molecule has 0 aliphatic carbocycles. The Morgan fingerprint density at radius 1 is 0.696 bits per heavy atom. The predicted octanol–water partition coefficient (Wildman–Crippen LogP) is 7.66. The van der Waals surface area contributed by atoms with E-state index in [0.717, 1.165) is 34.6 Å². The molecular formula is C39H44O7. The number of hydrogen-bond acceptors (Lipinski definition) is 7. The van der Waals surface area contributed by atoms with Crippen LogP contribution >= 0.6 is 0 Å². The molecule has 0 radical (unpaired) electrons. The second-order valence-corrected chi connectivity index (χ2v) is 11.6. The fourth-order valence-electron chi connectivity index (χ4n) is 6.22. The van der Waals surface area contributed by atoms with Gasteiger partial charge in [0.25, 0.3) is 0 Å². The molecular weight excluding hydrogens is 580 g/mol. The van der Waals surface area contributed by atoms with Crippen LogP contribution in [0.3, 0.4) is 0 Å². The maximum Gasteiger partial charge on any atom is 0.338 e. The Labute approximate surface area is 272 Å². The van der Waals surface area contributed by atoms with Crippen molar-refractivity contribution < 1.29 is 33.2 Å². The minimum atomic E-state index is -0.969. The summed E-state index contributed by atoms with van der Waals surface area (Å²) in [5.74, 6) is 1.33. The Hall–Kier alpha value is -4.17. The molecule has 5 atom stereocenters. The van der Waals surface area contributed by atoms with Crippen LogP contribution in [0.2, 0.25) is 0 Å². The van der Waals surface area contributed by atoms with Gasteiger partial charge in [0.05, 0.1) is 39.1 Å². The van der Waals surface area contributed by atoms with Gasteiger partial charge in [-0.2, -0.15) is 0 Å². The first-order valence-corrected chi connectivity index (χ1v) is 15.9. The molecule has 7 heteroatoms. The molecule has 7 nitrogen and oxygen atoms in total. The number of benzene rings is 4. The average Bonchev–Trinajstić information content (AvgIpc) is 3.12. The molecule has 1 aliphatic rings. The zero-order valence-electron chi connectivity index (χ0n) is 27.3. The molecule has 46 heavy (non-hydrogen) atoms. The maximum absolute atomic E-state index is 13.1. The lowest BCUT2D eigenvalue weighted by atomic mass is 9.80. The first kappa shape index (κ1) is 33.2. The summed E-state index contributed by atoms with van der Waals surface area (Å²) < 4.78 is 36.7. The van der Waals surface area contributed by atoms with E-state index in [1.54, 1.807) is 26.4 Å². The third-order valence-corrected chi connectivity index (χ3v) is 9.02. The molecule has 5 unspecified atom stereocenters.